The number of hydrogen-bond donors (Lipinski definition) is 3. The lowest BCUT2D eigenvalue weighted by molar-refractivity contribution is 0.218. The number of aromatic nitrogens is 1. The van der Waals surface area contributed by atoms with Crippen molar-refractivity contribution in [1.82, 2.24) is 15.3 Å². The minimum Gasteiger partial charge on any atom is -0.491 e. The number of nitrogen functional groups attached to an aromatic ring is 1. The average Bonchev–Trinajstić information content (AvgIpc) is 2.73. The molecule has 3 N–H and O–H groups in total. The van der Waals surface area contributed by atoms with Crippen LogP contribution in [0.5, 0.6) is 5.75 Å². The fourth-order valence-corrected chi connectivity index (χ4v) is 3.90. The van der Waals surface area contributed by atoms with E-state index in [1.54, 1.807) is 6.20 Å². The maximum absolute atomic E-state index is 6.11. The average molecular weight is 399 g/mol. The zero-order chi connectivity index (χ0) is 19.5. The molecule has 148 valence electrons. The second-order valence-corrected chi connectivity index (χ2v) is 7.54. The number of fused-ring (bicyclic) bond motifs is 1. The van der Waals surface area contributed by atoms with Crippen molar-refractivity contribution in [2.24, 2.45) is 5.10 Å². The van der Waals surface area contributed by atoms with Gasteiger partial charge in [0.1, 0.15) is 16.9 Å². The van der Waals surface area contributed by atoms with Gasteiger partial charge in [0.15, 0.2) is 0 Å². The summed E-state index contributed by atoms with van der Waals surface area (Å²) in [6.45, 7) is 6.22. The molecule has 0 aliphatic carbocycles. The molecule has 0 saturated carbocycles. The van der Waals surface area contributed by atoms with Crippen LogP contribution in [0, 0.1) is 6.92 Å². The largest absolute Gasteiger partial charge is 0.491 e. The third kappa shape index (κ3) is 3.88. The van der Waals surface area contributed by atoms with Gasteiger partial charge in [0.2, 0.25) is 0 Å². The number of piperazine rings is 1. The first-order valence-corrected chi connectivity index (χ1v) is 10.1. The van der Waals surface area contributed by atoms with E-state index in [2.05, 4.69) is 31.4 Å². The van der Waals surface area contributed by atoms with Gasteiger partial charge in [0, 0.05) is 38.8 Å². The Morgan fingerprint density at radius 3 is 2.79 bits per heavy atom. The molecule has 3 heterocycles. The van der Waals surface area contributed by atoms with E-state index in [4.69, 9.17) is 23.1 Å². The first-order chi connectivity index (χ1) is 13.6. The standard InChI is InChI=1S/C20H26N6OS/c1-14-6-8-22-18-16(7-13-27-19(14)18)23-24-20(28)26-11-9-25(10-12-26)17-5-3-2-4-15(17)21/h2-6,8,20,24,28H,7,9-13,21H2,1H3/b23-16-. The van der Waals surface area contributed by atoms with Crippen molar-refractivity contribution < 1.29 is 4.74 Å². The first-order valence-electron chi connectivity index (χ1n) is 9.56. The van der Waals surface area contributed by atoms with Crippen molar-refractivity contribution in [1.29, 1.82) is 0 Å². The molecule has 4 rings (SSSR count). The summed E-state index contributed by atoms with van der Waals surface area (Å²) in [5.41, 5.74) is 13.9. The van der Waals surface area contributed by atoms with Crippen LogP contribution in [0.1, 0.15) is 17.7 Å². The van der Waals surface area contributed by atoms with Crippen LogP contribution in [0.4, 0.5) is 11.4 Å². The Balaban J connectivity index is 1.37. The van der Waals surface area contributed by atoms with Gasteiger partial charge in [-0.15, -0.1) is 12.6 Å². The van der Waals surface area contributed by atoms with Crippen LogP contribution in [-0.4, -0.2) is 53.9 Å². The Morgan fingerprint density at radius 1 is 1.21 bits per heavy atom. The van der Waals surface area contributed by atoms with Gasteiger partial charge in [-0.2, -0.15) is 5.10 Å². The molecule has 0 amide bonds. The van der Waals surface area contributed by atoms with Crippen molar-refractivity contribution >= 4 is 29.7 Å². The lowest BCUT2D eigenvalue weighted by Gasteiger charge is -2.38. The second-order valence-electron chi connectivity index (χ2n) is 7.05. The normalized spacial score (nSPS) is 19.8. The molecule has 8 heteroatoms. The van der Waals surface area contributed by atoms with E-state index >= 15 is 0 Å². The molecule has 0 spiro atoms. The van der Waals surface area contributed by atoms with Crippen molar-refractivity contribution in [2.75, 3.05) is 43.4 Å². The Hall–Kier alpha value is -2.45. The molecule has 1 aromatic carbocycles. The molecule has 1 atom stereocenters. The van der Waals surface area contributed by atoms with Crippen molar-refractivity contribution in [3.8, 4) is 5.75 Å². The summed E-state index contributed by atoms with van der Waals surface area (Å²) in [6.07, 6.45) is 2.53. The van der Waals surface area contributed by atoms with Crippen LogP contribution >= 0.6 is 12.6 Å². The molecule has 0 radical (unpaired) electrons. The highest BCUT2D eigenvalue weighted by Gasteiger charge is 2.24. The molecule has 7 nitrogen and oxygen atoms in total. The number of ether oxygens (including phenoxy) is 1. The lowest BCUT2D eigenvalue weighted by atomic mass is 10.1. The van der Waals surface area contributed by atoms with E-state index in [9.17, 15) is 0 Å². The number of benzene rings is 1. The Labute approximate surface area is 171 Å². The number of rotatable bonds is 4. The van der Waals surface area contributed by atoms with Gasteiger partial charge in [0.25, 0.3) is 0 Å². The van der Waals surface area contributed by atoms with Gasteiger partial charge in [0.05, 0.1) is 23.7 Å². The quantitative estimate of drug-likeness (QED) is 0.317. The van der Waals surface area contributed by atoms with Crippen molar-refractivity contribution in [3.05, 3.63) is 47.8 Å². The molecule has 1 aromatic heterocycles. The van der Waals surface area contributed by atoms with Gasteiger partial charge < -0.3 is 15.4 Å². The lowest BCUT2D eigenvalue weighted by Crippen LogP contribution is -2.52. The summed E-state index contributed by atoms with van der Waals surface area (Å²) in [5, 5.41) is 4.60. The molecule has 1 fully saturated rings. The number of hydrogen-bond acceptors (Lipinski definition) is 8. The monoisotopic (exact) mass is 398 g/mol. The molecular formula is C20H26N6OS. The summed E-state index contributed by atoms with van der Waals surface area (Å²) >= 11 is 4.71. The van der Waals surface area contributed by atoms with Gasteiger partial charge >= 0.3 is 0 Å². The predicted molar refractivity (Wildman–Crippen MR) is 116 cm³/mol. The zero-order valence-corrected chi connectivity index (χ0v) is 16.9. The van der Waals surface area contributed by atoms with Crippen LogP contribution in [-0.2, 0) is 0 Å². The smallest absolute Gasteiger partial charge is 0.149 e. The van der Waals surface area contributed by atoms with Crippen LogP contribution in [0.3, 0.4) is 0 Å². The third-order valence-electron chi connectivity index (χ3n) is 5.21. The highest BCUT2D eigenvalue weighted by Crippen LogP contribution is 2.27. The number of nitrogens with two attached hydrogens (primary N) is 1. The minimum atomic E-state index is -0.154. The maximum atomic E-state index is 6.11. The highest BCUT2D eigenvalue weighted by molar-refractivity contribution is 7.80. The van der Waals surface area contributed by atoms with E-state index in [0.29, 0.717) is 6.61 Å². The SMILES string of the molecule is Cc1ccnc2c1OCC/C2=N/NC(S)N1CCN(c2ccccc2N)CC1. The highest BCUT2D eigenvalue weighted by atomic mass is 32.1. The van der Waals surface area contributed by atoms with Crippen LogP contribution in [0.15, 0.2) is 41.6 Å². The first kappa shape index (κ1) is 18.9. The molecule has 0 bridgehead atoms. The maximum Gasteiger partial charge on any atom is 0.149 e. The molecule has 2 aliphatic heterocycles. The Bertz CT molecular complexity index is 866. The summed E-state index contributed by atoms with van der Waals surface area (Å²) in [5.74, 6) is 0.832. The van der Waals surface area contributed by atoms with Gasteiger partial charge in [-0.25, -0.2) is 0 Å². The molecule has 1 saturated heterocycles. The number of aryl methyl sites for hydroxylation is 1. The number of nitrogens with zero attached hydrogens (tertiary/aromatic N) is 4. The fourth-order valence-electron chi connectivity index (χ4n) is 3.61. The van der Waals surface area contributed by atoms with Gasteiger partial charge in [-0.1, -0.05) is 12.1 Å². The molecule has 1 unspecified atom stereocenters. The summed E-state index contributed by atoms with van der Waals surface area (Å²) in [6, 6.07) is 9.97. The number of hydrazone groups is 1. The van der Waals surface area contributed by atoms with Crippen molar-refractivity contribution in [3.63, 3.8) is 0 Å². The Kier molecular flexibility index (Phi) is 5.59. The van der Waals surface area contributed by atoms with E-state index in [1.807, 2.05) is 31.2 Å². The van der Waals surface area contributed by atoms with E-state index in [1.165, 1.54) is 0 Å². The number of nitrogens with one attached hydrogen (secondary N) is 1. The van der Waals surface area contributed by atoms with E-state index in [0.717, 1.165) is 66.7 Å². The molecular weight excluding hydrogens is 372 g/mol. The van der Waals surface area contributed by atoms with E-state index < -0.39 is 0 Å². The topological polar surface area (TPSA) is 79.0 Å². The minimum absolute atomic E-state index is 0.154. The zero-order valence-electron chi connectivity index (χ0n) is 16.0. The summed E-state index contributed by atoms with van der Waals surface area (Å²) in [7, 11) is 0. The molecule has 2 aliphatic rings. The van der Waals surface area contributed by atoms with Crippen LogP contribution in [0.25, 0.3) is 0 Å². The summed E-state index contributed by atoms with van der Waals surface area (Å²) in [4.78, 5) is 9.04. The van der Waals surface area contributed by atoms with Crippen LogP contribution in [0.2, 0.25) is 0 Å². The molecule has 2 aromatic rings. The molecule has 28 heavy (non-hydrogen) atoms. The predicted octanol–water partition coefficient (Wildman–Crippen LogP) is 2.08. The van der Waals surface area contributed by atoms with Gasteiger partial charge in [-0.05, 0) is 30.7 Å². The number of anilines is 2. The second kappa shape index (κ2) is 8.28. The fraction of sp³-hybridized carbons (Fsp3) is 0.400. The van der Waals surface area contributed by atoms with Gasteiger partial charge in [-0.3, -0.25) is 15.3 Å². The number of thiol groups is 1. The number of para-hydroxylation sites is 2. The van der Waals surface area contributed by atoms with Crippen molar-refractivity contribution in [2.45, 2.75) is 18.8 Å². The summed E-state index contributed by atoms with van der Waals surface area (Å²) < 4.78 is 5.75. The Morgan fingerprint density at radius 2 is 2.00 bits per heavy atom. The van der Waals surface area contributed by atoms with Crippen LogP contribution < -0.4 is 20.8 Å². The third-order valence-corrected chi connectivity index (χ3v) is 5.65. The van der Waals surface area contributed by atoms with E-state index in [-0.39, 0.29) is 5.50 Å². The number of pyridine rings is 1.